The Bertz CT molecular complexity index is 735. The van der Waals surface area contributed by atoms with Crippen molar-refractivity contribution in [2.75, 3.05) is 5.32 Å². The number of hydrogen-bond donors (Lipinski definition) is 2. The van der Waals surface area contributed by atoms with E-state index in [0.29, 0.717) is 21.3 Å². The second kappa shape index (κ2) is 8.36. The van der Waals surface area contributed by atoms with Crippen LogP contribution in [0.5, 0.6) is 0 Å². The van der Waals surface area contributed by atoms with Crippen LogP contribution in [0.2, 0.25) is 4.34 Å². The number of hydrogen-bond acceptors (Lipinski definition) is 4. The minimum absolute atomic E-state index is 0.00310. The second-order valence-corrected chi connectivity index (χ2v) is 7.67. The van der Waals surface area contributed by atoms with Crippen LogP contribution in [0.3, 0.4) is 0 Å². The fraction of sp³-hybridized carbons (Fsp3) is 0.333. The van der Waals surface area contributed by atoms with E-state index >= 15 is 0 Å². The van der Waals surface area contributed by atoms with Crippen LogP contribution in [0.15, 0.2) is 42.5 Å². The fourth-order valence-corrected chi connectivity index (χ4v) is 3.84. The summed E-state index contributed by atoms with van der Waals surface area (Å²) in [5.74, 6) is -0.128. The van der Waals surface area contributed by atoms with Gasteiger partial charge < -0.3 is 10.1 Å². The number of ether oxygens (including phenoxy) is 1. The largest absolute Gasteiger partial charge is 0.446 e. The van der Waals surface area contributed by atoms with Crippen molar-refractivity contribution in [2.24, 2.45) is 0 Å². The first-order valence-electron chi connectivity index (χ1n) is 8.19. The van der Waals surface area contributed by atoms with Crippen molar-refractivity contribution >= 4 is 40.6 Å². The molecule has 1 aliphatic rings. The molecule has 2 amide bonds. The zero-order valence-electron chi connectivity index (χ0n) is 13.5. The van der Waals surface area contributed by atoms with Crippen molar-refractivity contribution in [3.05, 3.63) is 51.7 Å². The summed E-state index contributed by atoms with van der Waals surface area (Å²) in [5.41, 5.74) is 0.697. The molecule has 1 aromatic carbocycles. The van der Waals surface area contributed by atoms with Gasteiger partial charge in [0, 0.05) is 18.2 Å². The standard InChI is InChI=1S/C18H19ClN2O3S/c19-16-10-9-15(25-16)17(22)20-13-7-4-8-14(11-13)24-18(23)21-12-5-2-1-3-6-12/h1-3,5-6,9-10,13-14H,4,7-8,11H2,(H,20,22)(H,21,23)/t13-,14+/m1/s1. The van der Waals surface area contributed by atoms with Crippen molar-refractivity contribution < 1.29 is 14.3 Å². The molecular weight excluding hydrogens is 360 g/mol. The van der Waals surface area contributed by atoms with Crippen LogP contribution in [0.25, 0.3) is 0 Å². The molecule has 0 radical (unpaired) electrons. The number of halogens is 1. The molecule has 0 spiro atoms. The third-order valence-corrected chi connectivity index (χ3v) is 5.28. The minimum atomic E-state index is -0.465. The van der Waals surface area contributed by atoms with Gasteiger partial charge in [-0.2, -0.15) is 0 Å². The maximum Gasteiger partial charge on any atom is 0.411 e. The van der Waals surface area contributed by atoms with Gasteiger partial charge >= 0.3 is 6.09 Å². The SMILES string of the molecule is O=C(Nc1ccccc1)O[C@H]1CCC[C@@H](NC(=O)c2ccc(Cl)s2)C1. The molecule has 5 nitrogen and oxygen atoms in total. The molecule has 7 heteroatoms. The summed E-state index contributed by atoms with van der Waals surface area (Å²) < 4.78 is 6.09. The van der Waals surface area contributed by atoms with Gasteiger partial charge in [0.1, 0.15) is 6.10 Å². The molecule has 0 aliphatic heterocycles. The van der Waals surface area contributed by atoms with E-state index in [4.69, 9.17) is 16.3 Å². The molecule has 3 rings (SSSR count). The summed E-state index contributed by atoms with van der Waals surface area (Å²) >= 11 is 7.12. The molecule has 0 unspecified atom stereocenters. The topological polar surface area (TPSA) is 67.4 Å². The molecule has 1 fully saturated rings. The first-order valence-corrected chi connectivity index (χ1v) is 9.38. The highest BCUT2D eigenvalue weighted by molar-refractivity contribution is 7.18. The molecule has 0 bridgehead atoms. The molecule has 25 heavy (non-hydrogen) atoms. The number of nitrogens with one attached hydrogen (secondary N) is 2. The van der Waals surface area contributed by atoms with Gasteiger partial charge in [-0.3, -0.25) is 10.1 Å². The van der Waals surface area contributed by atoms with E-state index in [-0.39, 0.29) is 18.1 Å². The number of amides is 2. The molecule has 2 aromatic rings. The Morgan fingerprint density at radius 3 is 2.64 bits per heavy atom. The van der Waals surface area contributed by atoms with Crippen LogP contribution in [0.4, 0.5) is 10.5 Å². The highest BCUT2D eigenvalue weighted by atomic mass is 35.5. The molecule has 2 atom stereocenters. The zero-order valence-corrected chi connectivity index (χ0v) is 15.1. The van der Waals surface area contributed by atoms with Gasteiger partial charge in [-0.1, -0.05) is 29.8 Å². The molecule has 1 heterocycles. The van der Waals surface area contributed by atoms with Gasteiger partial charge in [-0.15, -0.1) is 11.3 Å². The summed E-state index contributed by atoms with van der Waals surface area (Å²) in [6, 6.07) is 12.6. The van der Waals surface area contributed by atoms with Crippen LogP contribution in [-0.4, -0.2) is 24.1 Å². The molecule has 1 saturated carbocycles. The van der Waals surface area contributed by atoms with Crippen LogP contribution in [-0.2, 0) is 4.74 Å². The molecule has 2 N–H and O–H groups in total. The summed E-state index contributed by atoms with van der Waals surface area (Å²) in [6.45, 7) is 0. The zero-order chi connectivity index (χ0) is 17.6. The lowest BCUT2D eigenvalue weighted by Crippen LogP contribution is -2.41. The number of para-hydroxylation sites is 1. The summed E-state index contributed by atoms with van der Waals surface area (Å²) in [6.07, 6.45) is 2.54. The average molecular weight is 379 g/mol. The Labute approximate surface area is 155 Å². The van der Waals surface area contributed by atoms with E-state index in [1.807, 2.05) is 18.2 Å². The molecular formula is C18H19ClN2O3S. The van der Waals surface area contributed by atoms with Crippen molar-refractivity contribution in [3.63, 3.8) is 0 Å². The van der Waals surface area contributed by atoms with Crippen LogP contribution < -0.4 is 10.6 Å². The van der Waals surface area contributed by atoms with Gasteiger partial charge in [-0.25, -0.2) is 4.79 Å². The van der Waals surface area contributed by atoms with Gasteiger partial charge in [0.05, 0.1) is 9.21 Å². The monoisotopic (exact) mass is 378 g/mol. The van der Waals surface area contributed by atoms with E-state index in [1.165, 1.54) is 11.3 Å². The van der Waals surface area contributed by atoms with Crippen molar-refractivity contribution in [2.45, 2.75) is 37.8 Å². The predicted octanol–water partition coefficient (Wildman–Crippen LogP) is 4.69. The quantitative estimate of drug-likeness (QED) is 0.810. The maximum atomic E-state index is 12.2. The molecule has 1 aliphatic carbocycles. The fourth-order valence-electron chi connectivity index (χ4n) is 2.90. The van der Waals surface area contributed by atoms with E-state index in [9.17, 15) is 9.59 Å². The van der Waals surface area contributed by atoms with E-state index < -0.39 is 6.09 Å². The van der Waals surface area contributed by atoms with Crippen molar-refractivity contribution in [1.82, 2.24) is 5.32 Å². The Morgan fingerprint density at radius 2 is 1.92 bits per heavy atom. The third kappa shape index (κ3) is 5.21. The lowest BCUT2D eigenvalue weighted by molar-refractivity contribution is 0.0714. The lowest BCUT2D eigenvalue weighted by atomic mass is 9.93. The maximum absolute atomic E-state index is 12.2. The summed E-state index contributed by atoms with van der Waals surface area (Å²) in [5, 5.41) is 5.71. The van der Waals surface area contributed by atoms with Gasteiger partial charge in [0.25, 0.3) is 5.91 Å². The Morgan fingerprint density at radius 1 is 1.12 bits per heavy atom. The number of rotatable bonds is 4. The molecule has 1 aromatic heterocycles. The number of benzene rings is 1. The first kappa shape index (κ1) is 17.8. The van der Waals surface area contributed by atoms with E-state index in [2.05, 4.69) is 10.6 Å². The highest BCUT2D eigenvalue weighted by Gasteiger charge is 2.26. The average Bonchev–Trinajstić information content (AvgIpc) is 3.02. The van der Waals surface area contributed by atoms with Crippen molar-refractivity contribution in [3.8, 4) is 0 Å². The second-order valence-electron chi connectivity index (χ2n) is 5.96. The Hall–Kier alpha value is -2.05. The smallest absolute Gasteiger partial charge is 0.411 e. The lowest BCUT2D eigenvalue weighted by Gasteiger charge is -2.29. The summed E-state index contributed by atoms with van der Waals surface area (Å²) in [7, 11) is 0. The van der Waals surface area contributed by atoms with Gasteiger partial charge in [0.15, 0.2) is 0 Å². The van der Waals surface area contributed by atoms with Crippen LogP contribution in [0, 0.1) is 0 Å². The van der Waals surface area contributed by atoms with Crippen LogP contribution in [0.1, 0.15) is 35.4 Å². The van der Waals surface area contributed by atoms with Gasteiger partial charge in [0.2, 0.25) is 0 Å². The normalized spacial score (nSPS) is 19.9. The van der Waals surface area contributed by atoms with Crippen molar-refractivity contribution in [1.29, 1.82) is 0 Å². The van der Waals surface area contributed by atoms with Crippen LogP contribution >= 0.6 is 22.9 Å². The minimum Gasteiger partial charge on any atom is -0.446 e. The first-order chi connectivity index (χ1) is 12.1. The van der Waals surface area contributed by atoms with E-state index in [1.54, 1.807) is 24.3 Å². The third-order valence-electron chi connectivity index (χ3n) is 4.05. The molecule has 0 saturated heterocycles. The predicted molar refractivity (Wildman–Crippen MR) is 99.4 cm³/mol. The number of thiophene rings is 1. The van der Waals surface area contributed by atoms with Gasteiger partial charge in [-0.05, 0) is 43.5 Å². The molecule has 132 valence electrons. The number of carbonyl (C=O) groups excluding carboxylic acids is 2. The Balaban J connectivity index is 1.49. The number of carbonyl (C=O) groups is 2. The highest BCUT2D eigenvalue weighted by Crippen LogP contribution is 2.24. The van der Waals surface area contributed by atoms with E-state index in [0.717, 1.165) is 19.3 Å². The number of anilines is 1. The Kier molecular flexibility index (Phi) is 5.94. The summed E-state index contributed by atoms with van der Waals surface area (Å²) in [4.78, 5) is 24.8.